The van der Waals surface area contributed by atoms with Gasteiger partial charge in [-0.2, -0.15) is 8.42 Å². The van der Waals surface area contributed by atoms with Crippen LogP contribution in [0.2, 0.25) is 0 Å². The third-order valence-corrected chi connectivity index (χ3v) is 14.1. The van der Waals surface area contributed by atoms with Crippen LogP contribution >= 0.6 is 0 Å². The molecule has 0 aromatic heterocycles. The molecule has 7 atom stereocenters. The van der Waals surface area contributed by atoms with Gasteiger partial charge in [0.15, 0.2) is 6.29 Å². The lowest BCUT2D eigenvalue weighted by Gasteiger charge is -2.41. The van der Waals surface area contributed by atoms with Gasteiger partial charge in [-0.25, -0.2) is 4.18 Å². The minimum atomic E-state index is -5.07. The monoisotopic (exact) mass is 964 g/mol. The van der Waals surface area contributed by atoms with Crippen LogP contribution in [-0.2, 0) is 28.9 Å². The van der Waals surface area contributed by atoms with E-state index in [1.165, 1.54) is 199 Å². The summed E-state index contributed by atoms with van der Waals surface area (Å²) in [6.45, 7) is 3.49. The minimum Gasteiger partial charge on any atom is -0.394 e. The van der Waals surface area contributed by atoms with Crippen molar-refractivity contribution in [1.29, 1.82) is 0 Å². The zero-order valence-electron chi connectivity index (χ0n) is 42.5. The Morgan fingerprint density at radius 1 is 0.545 bits per heavy atom. The minimum absolute atomic E-state index is 0.223. The molecule has 394 valence electrons. The van der Waals surface area contributed by atoms with Crippen molar-refractivity contribution in [3.05, 3.63) is 0 Å². The summed E-state index contributed by atoms with van der Waals surface area (Å²) in [5.74, 6) is -0.223. The lowest BCUT2D eigenvalue weighted by molar-refractivity contribution is -0.298. The normalized spacial score (nSPS) is 19.9. The Hall–Kier alpha value is -0.900. The quantitative estimate of drug-likeness (QED) is 0.0251. The van der Waals surface area contributed by atoms with Gasteiger partial charge in [-0.15, -0.1) is 0 Å². The predicted molar refractivity (Wildman–Crippen MR) is 269 cm³/mol. The molecule has 0 aromatic carbocycles. The number of aliphatic hydroxyl groups is 4. The number of hydrogen-bond acceptors (Lipinski definition) is 10. The Morgan fingerprint density at radius 3 is 1.21 bits per heavy atom. The van der Waals surface area contributed by atoms with Crippen LogP contribution in [0.3, 0.4) is 0 Å². The number of hydrogen-bond donors (Lipinski definition) is 6. The molecule has 0 saturated carbocycles. The van der Waals surface area contributed by atoms with Gasteiger partial charge in [0.1, 0.15) is 24.4 Å². The molecule has 1 fully saturated rings. The van der Waals surface area contributed by atoms with Gasteiger partial charge < -0.3 is 35.2 Å². The van der Waals surface area contributed by atoms with Gasteiger partial charge in [-0.1, -0.05) is 258 Å². The van der Waals surface area contributed by atoms with Crippen molar-refractivity contribution in [2.45, 2.75) is 320 Å². The molecule has 0 bridgehead atoms. The van der Waals surface area contributed by atoms with Crippen LogP contribution in [0.15, 0.2) is 0 Å². The molecule has 0 spiro atoms. The van der Waals surface area contributed by atoms with Gasteiger partial charge >= 0.3 is 10.4 Å². The van der Waals surface area contributed by atoms with Crippen LogP contribution in [0, 0.1) is 0 Å². The van der Waals surface area contributed by atoms with E-state index >= 15 is 0 Å². The van der Waals surface area contributed by atoms with Crippen LogP contribution in [0.4, 0.5) is 0 Å². The Bertz CT molecular complexity index is 1180. The summed E-state index contributed by atoms with van der Waals surface area (Å²) in [6.07, 6.45) is 41.1. The van der Waals surface area contributed by atoms with Crippen molar-refractivity contribution >= 4 is 16.3 Å². The smallest absolute Gasteiger partial charge is 0.394 e. The van der Waals surface area contributed by atoms with E-state index in [0.29, 0.717) is 12.8 Å². The SMILES string of the molecule is CCCCCCCCCCCCCCCCCCCCCCCCCCCC(=O)NC(COC1OC(CO)C(O)C(OS(=O)(=O)O)C1O)C(O)CCCCCCCCCCCCCCCC. The van der Waals surface area contributed by atoms with Gasteiger partial charge in [0.2, 0.25) is 5.91 Å². The molecule has 1 rings (SSSR count). The summed E-state index contributed by atoms with van der Waals surface area (Å²) in [7, 11) is -5.07. The Morgan fingerprint density at radius 2 is 0.879 bits per heavy atom. The third-order valence-electron chi connectivity index (χ3n) is 13.7. The van der Waals surface area contributed by atoms with Crippen LogP contribution < -0.4 is 5.32 Å². The lowest BCUT2D eigenvalue weighted by atomic mass is 9.99. The van der Waals surface area contributed by atoms with E-state index in [9.17, 15) is 38.2 Å². The van der Waals surface area contributed by atoms with Gasteiger partial charge in [0, 0.05) is 6.42 Å². The van der Waals surface area contributed by atoms with Crippen LogP contribution in [0.1, 0.15) is 277 Å². The molecule has 1 aliphatic heterocycles. The fourth-order valence-corrected chi connectivity index (χ4v) is 9.85. The maximum atomic E-state index is 13.1. The lowest BCUT2D eigenvalue weighted by Crippen LogP contribution is -2.61. The highest BCUT2D eigenvalue weighted by Gasteiger charge is 2.48. The molecule has 12 nitrogen and oxygen atoms in total. The highest BCUT2D eigenvalue weighted by molar-refractivity contribution is 7.80. The largest absolute Gasteiger partial charge is 0.397 e. The highest BCUT2D eigenvalue weighted by atomic mass is 32.3. The van der Waals surface area contributed by atoms with E-state index in [1.54, 1.807) is 0 Å². The standard InChI is InChI=1S/C53H105NO11S/c1-3-5-7-9-11-13-15-17-19-20-21-22-23-24-25-26-27-28-29-31-33-35-37-39-41-43-49(57)54-46(45-63-53-51(59)52(65-66(60,61)62)50(58)48(44-55)64-53)47(56)42-40-38-36-34-32-30-18-16-14-12-10-8-6-4-2/h46-48,50-53,55-56,58-59H,3-45H2,1-2H3,(H,54,57)(H,60,61,62). The molecular formula is C53H105NO11S. The summed E-state index contributed by atoms with van der Waals surface area (Å²) < 4.78 is 47.8. The fraction of sp³-hybridized carbons (Fsp3) is 0.981. The number of carbonyl (C=O) groups is 1. The molecule has 1 amide bonds. The zero-order valence-corrected chi connectivity index (χ0v) is 43.4. The molecule has 13 heteroatoms. The van der Waals surface area contributed by atoms with Crippen molar-refractivity contribution in [2.24, 2.45) is 0 Å². The zero-order chi connectivity index (χ0) is 48.4. The molecular weight excluding hydrogens is 859 g/mol. The number of unbranched alkanes of at least 4 members (excludes halogenated alkanes) is 37. The summed E-state index contributed by atoms with van der Waals surface area (Å²) in [6, 6.07) is -0.852. The number of amides is 1. The van der Waals surface area contributed by atoms with E-state index in [2.05, 4.69) is 23.3 Å². The number of ether oxygens (including phenoxy) is 2. The molecule has 0 aromatic rings. The van der Waals surface area contributed by atoms with Crippen molar-refractivity contribution < 1.29 is 51.8 Å². The third kappa shape index (κ3) is 36.1. The topological polar surface area (TPSA) is 192 Å². The van der Waals surface area contributed by atoms with E-state index in [-0.39, 0.29) is 12.5 Å². The van der Waals surface area contributed by atoms with Crippen LogP contribution in [-0.4, -0.2) is 95.4 Å². The first-order chi connectivity index (χ1) is 32.0. The molecule has 1 heterocycles. The first-order valence-corrected chi connectivity index (χ1v) is 29.3. The summed E-state index contributed by atoms with van der Waals surface area (Å²) in [5.41, 5.74) is 0. The van der Waals surface area contributed by atoms with E-state index in [4.69, 9.17) is 9.47 Å². The second-order valence-electron chi connectivity index (χ2n) is 19.9. The summed E-state index contributed by atoms with van der Waals surface area (Å²) >= 11 is 0. The molecule has 66 heavy (non-hydrogen) atoms. The maximum Gasteiger partial charge on any atom is 0.397 e. The number of carbonyl (C=O) groups excluding carboxylic acids is 1. The van der Waals surface area contributed by atoms with Crippen molar-refractivity contribution in [1.82, 2.24) is 5.32 Å². The molecule has 0 aliphatic carbocycles. The van der Waals surface area contributed by atoms with E-state index in [0.717, 1.165) is 51.4 Å². The van der Waals surface area contributed by atoms with Gasteiger partial charge in [-0.05, 0) is 12.8 Å². The van der Waals surface area contributed by atoms with Crippen molar-refractivity contribution in [3.8, 4) is 0 Å². The first-order valence-electron chi connectivity index (χ1n) is 27.9. The van der Waals surface area contributed by atoms with E-state index in [1.807, 2.05) is 0 Å². The van der Waals surface area contributed by atoms with Gasteiger partial charge in [0.25, 0.3) is 0 Å². The molecule has 7 unspecified atom stereocenters. The first kappa shape index (κ1) is 63.1. The summed E-state index contributed by atoms with van der Waals surface area (Å²) in [4.78, 5) is 13.1. The van der Waals surface area contributed by atoms with Crippen LogP contribution in [0.5, 0.6) is 0 Å². The van der Waals surface area contributed by atoms with Gasteiger partial charge in [-0.3, -0.25) is 9.35 Å². The predicted octanol–water partition coefficient (Wildman–Crippen LogP) is 12.5. The van der Waals surface area contributed by atoms with Crippen molar-refractivity contribution in [3.63, 3.8) is 0 Å². The number of aliphatic hydroxyl groups excluding tert-OH is 4. The molecule has 1 aliphatic rings. The fourth-order valence-electron chi connectivity index (χ4n) is 9.35. The van der Waals surface area contributed by atoms with Crippen molar-refractivity contribution in [2.75, 3.05) is 13.2 Å². The molecule has 1 saturated heterocycles. The highest BCUT2D eigenvalue weighted by Crippen LogP contribution is 2.26. The van der Waals surface area contributed by atoms with E-state index < -0.39 is 59.9 Å². The maximum absolute atomic E-state index is 13.1. The Labute approximate surface area is 405 Å². The molecule has 6 N–H and O–H groups in total. The van der Waals surface area contributed by atoms with Gasteiger partial charge in [0.05, 0.1) is 25.4 Å². The average molecular weight is 964 g/mol. The Kier molecular flexibility index (Phi) is 42.1. The average Bonchev–Trinajstić information content (AvgIpc) is 3.29. The second-order valence-corrected chi connectivity index (χ2v) is 20.9. The molecule has 0 radical (unpaired) electrons. The number of rotatable bonds is 49. The Balaban J connectivity index is 2.31. The summed E-state index contributed by atoms with van der Waals surface area (Å²) in [5, 5.41) is 45.0. The second kappa shape index (κ2) is 44.1. The van der Waals surface area contributed by atoms with Crippen LogP contribution in [0.25, 0.3) is 0 Å². The number of nitrogens with one attached hydrogen (secondary N) is 1.